The van der Waals surface area contributed by atoms with Gasteiger partial charge in [-0.05, 0) is 44.6 Å². The number of nitrogens with one attached hydrogen (secondary N) is 1. The van der Waals surface area contributed by atoms with Crippen molar-refractivity contribution in [2.45, 2.75) is 50.3 Å². The molecule has 0 aromatic heterocycles. The molecule has 0 amide bonds. The average molecular weight is 184 g/mol. The van der Waals surface area contributed by atoms with Crippen LogP contribution in [0.15, 0.2) is 0 Å². The van der Waals surface area contributed by atoms with Crippen LogP contribution in [0.2, 0.25) is 0 Å². The molecule has 0 aliphatic heterocycles. The predicted octanol–water partition coefficient (Wildman–Crippen LogP) is 0.227. The van der Waals surface area contributed by atoms with E-state index in [1.165, 1.54) is 12.8 Å². The first-order valence-corrected chi connectivity index (χ1v) is 5.41. The van der Waals surface area contributed by atoms with E-state index < -0.39 is 0 Å². The molecule has 3 nitrogen and oxygen atoms in total. The molecule has 0 aromatic rings. The highest BCUT2D eigenvalue weighted by molar-refractivity contribution is 4.86. The Morgan fingerprint density at radius 2 is 2.00 bits per heavy atom. The number of aliphatic hydroxyl groups excluding tert-OH is 1. The summed E-state index contributed by atoms with van der Waals surface area (Å²) < 4.78 is 0. The molecule has 0 radical (unpaired) electrons. The number of rotatable bonds is 3. The maximum absolute atomic E-state index is 9.10. The van der Waals surface area contributed by atoms with E-state index in [-0.39, 0.29) is 6.10 Å². The predicted molar refractivity (Wildman–Crippen MR) is 52.3 cm³/mol. The van der Waals surface area contributed by atoms with Crippen LogP contribution in [0.1, 0.15) is 32.1 Å². The highest BCUT2D eigenvalue weighted by Crippen LogP contribution is 2.27. The van der Waals surface area contributed by atoms with Gasteiger partial charge in [0.1, 0.15) is 0 Å². The Balaban J connectivity index is 1.58. The number of aliphatic hydroxyl groups is 1. The quantitative estimate of drug-likeness (QED) is 0.588. The molecule has 0 bridgehead atoms. The summed E-state index contributed by atoms with van der Waals surface area (Å²) in [6, 6.07) is 1.07. The van der Waals surface area contributed by atoms with Gasteiger partial charge in [0.15, 0.2) is 0 Å². The lowest BCUT2D eigenvalue weighted by Gasteiger charge is -2.32. The average Bonchev–Trinajstić information content (AvgIpc) is 2.43. The molecule has 0 aromatic carbocycles. The van der Waals surface area contributed by atoms with Gasteiger partial charge in [-0.3, -0.25) is 0 Å². The first-order valence-electron chi connectivity index (χ1n) is 5.41. The van der Waals surface area contributed by atoms with Crippen molar-refractivity contribution in [2.75, 3.05) is 6.54 Å². The summed E-state index contributed by atoms with van der Waals surface area (Å²) in [7, 11) is 0. The van der Waals surface area contributed by atoms with Crippen molar-refractivity contribution in [2.24, 2.45) is 11.7 Å². The zero-order valence-electron chi connectivity index (χ0n) is 8.08. The molecule has 0 saturated heterocycles. The molecule has 2 fully saturated rings. The Morgan fingerprint density at radius 1 is 1.23 bits per heavy atom. The van der Waals surface area contributed by atoms with Gasteiger partial charge >= 0.3 is 0 Å². The van der Waals surface area contributed by atoms with Crippen LogP contribution in [0.5, 0.6) is 0 Å². The Labute approximate surface area is 79.7 Å². The molecule has 2 aliphatic rings. The van der Waals surface area contributed by atoms with Gasteiger partial charge < -0.3 is 16.2 Å². The standard InChI is InChI=1S/C10H20N2O/c11-8-1-2-9(5-8)12-6-7-3-10(13)4-7/h7-10,12-13H,1-6,11H2. The Hall–Kier alpha value is -0.120. The number of hydrogen-bond acceptors (Lipinski definition) is 3. The maximum Gasteiger partial charge on any atom is 0.0546 e. The van der Waals surface area contributed by atoms with Gasteiger partial charge in [-0.2, -0.15) is 0 Å². The zero-order chi connectivity index (χ0) is 9.26. The van der Waals surface area contributed by atoms with E-state index in [4.69, 9.17) is 10.8 Å². The second-order valence-corrected chi connectivity index (χ2v) is 4.67. The van der Waals surface area contributed by atoms with Gasteiger partial charge in [0.05, 0.1) is 6.10 Å². The molecule has 2 saturated carbocycles. The minimum Gasteiger partial charge on any atom is -0.393 e. The second-order valence-electron chi connectivity index (χ2n) is 4.67. The molecule has 2 atom stereocenters. The van der Waals surface area contributed by atoms with E-state index >= 15 is 0 Å². The first kappa shape index (κ1) is 9.44. The monoisotopic (exact) mass is 184 g/mol. The molecule has 2 unspecified atom stereocenters. The van der Waals surface area contributed by atoms with Gasteiger partial charge in [0.2, 0.25) is 0 Å². The zero-order valence-corrected chi connectivity index (χ0v) is 8.08. The molecule has 4 N–H and O–H groups in total. The summed E-state index contributed by atoms with van der Waals surface area (Å²) in [5.74, 6) is 0.715. The van der Waals surface area contributed by atoms with E-state index in [1.807, 2.05) is 0 Å². The topological polar surface area (TPSA) is 58.3 Å². The second kappa shape index (κ2) is 3.95. The summed E-state index contributed by atoms with van der Waals surface area (Å²) in [5.41, 5.74) is 5.82. The fraction of sp³-hybridized carbons (Fsp3) is 1.00. The van der Waals surface area contributed by atoms with E-state index in [9.17, 15) is 0 Å². The molecular weight excluding hydrogens is 164 g/mol. The van der Waals surface area contributed by atoms with Crippen molar-refractivity contribution in [1.82, 2.24) is 5.32 Å². The fourth-order valence-electron chi connectivity index (χ4n) is 2.40. The van der Waals surface area contributed by atoms with Crippen LogP contribution in [-0.2, 0) is 0 Å². The Kier molecular flexibility index (Phi) is 2.86. The van der Waals surface area contributed by atoms with Crippen LogP contribution >= 0.6 is 0 Å². The van der Waals surface area contributed by atoms with Crippen molar-refractivity contribution in [1.29, 1.82) is 0 Å². The molecule has 0 spiro atoms. The van der Waals surface area contributed by atoms with Crippen molar-refractivity contribution < 1.29 is 5.11 Å². The van der Waals surface area contributed by atoms with Crippen LogP contribution in [0.3, 0.4) is 0 Å². The summed E-state index contributed by atoms with van der Waals surface area (Å²) in [4.78, 5) is 0. The Morgan fingerprint density at radius 3 is 2.54 bits per heavy atom. The SMILES string of the molecule is NC1CCC(NCC2CC(O)C2)C1. The van der Waals surface area contributed by atoms with Crippen LogP contribution in [-0.4, -0.2) is 29.8 Å². The molecule has 0 heterocycles. The third kappa shape index (κ3) is 2.42. The summed E-state index contributed by atoms with van der Waals surface area (Å²) >= 11 is 0. The van der Waals surface area contributed by atoms with E-state index in [2.05, 4.69) is 5.32 Å². The summed E-state index contributed by atoms with van der Waals surface area (Å²) in [6.45, 7) is 1.08. The maximum atomic E-state index is 9.10. The van der Waals surface area contributed by atoms with Crippen LogP contribution in [0.25, 0.3) is 0 Å². The third-order valence-electron chi connectivity index (χ3n) is 3.38. The first-order chi connectivity index (χ1) is 6.24. The molecule has 2 aliphatic carbocycles. The Bertz CT molecular complexity index is 168. The lowest BCUT2D eigenvalue weighted by molar-refractivity contribution is 0.0419. The minimum atomic E-state index is -0.0161. The van der Waals surface area contributed by atoms with Crippen LogP contribution in [0, 0.1) is 5.92 Å². The van der Waals surface area contributed by atoms with Gasteiger partial charge in [-0.15, -0.1) is 0 Å². The van der Waals surface area contributed by atoms with Crippen LogP contribution < -0.4 is 11.1 Å². The lowest BCUT2D eigenvalue weighted by atomic mass is 9.82. The fourth-order valence-corrected chi connectivity index (χ4v) is 2.40. The molecular formula is C10H20N2O. The summed E-state index contributed by atoms with van der Waals surface area (Å²) in [6.07, 6.45) is 5.51. The van der Waals surface area contributed by atoms with E-state index in [0.29, 0.717) is 18.0 Å². The van der Waals surface area contributed by atoms with E-state index in [0.717, 1.165) is 25.8 Å². The van der Waals surface area contributed by atoms with Crippen LogP contribution in [0.4, 0.5) is 0 Å². The largest absolute Gasteiger partial charge is 0.393 e. The van der Waals surface area contributed by atoms with Gasteiger partial charge in [0, 0.05) is 12.1 Å². The van der Waals surface area contributed by atoms with E-state index in [1.54, 1.807) is 0 Å². The molecule has 2 rings (SSSR count). The summed E-state index contributed by atoms with van der Waals surface area (Å²) in [5, 5.41) is 12.6. The number of nitrogens with two attached hydrogens (primary N) is 1. The number of hydrogen-bond donors (Lipinski definition) is 3. The van der Waals surface area contributed by atoms with Crippen molar-refractivity contribution in [3.05, 3.63) is 0 Å². The van der Waals surface area contributed by atoms with Gasteiger partial charge in [-0.25, -0.2) is 0 Å². The molecule has 3 heteroatoms. The smallest absolute Gasteiger partial charge is 0.0546 e. The third-order valence-corrected chi connectivity index (χ3v) is 3.38. The minimum absolute atomic E-state index is 0.0161. The van der Waals surface area contributed by atoms with Gasteiger partial charge in [-0.1, -0.05) is 0 Å². The van der Waals surface area contributed by atoms with Crippen molar-refractivity contribution >= 4 is 0 Å². The molecule has 76 valence electrons. The molecule has 13 heavy (non-hydrogen) atoms. The highest BCUT2D eigenvalue weighted by Gasteiger charge is 2.28. The normalized spacial score (nSPS) is 44.8. The van der Waals surface area contributed by atoms with Gasteiger partial charge in [0.25, 0.3) is 0 Å². The lowest BCUT2D eigenvalue weighted by Crippen LogP contribution is -2.39. The van der Waals surface area contributed by atoms with Crippen molar-refractivity contribution in [3.63, 3.8) is 0 Å². The van der Waals surface area contributed by atoms with Crippen molar-refractivity contribution in [3.8, 4) is 0 Å². The highest BCUT2D eigenvalue weighted by atomic mass is 16.3.